The molecule has 5 rings (SSSR count). The predicted octanol–water partition coefficient (Wildman–Crippen LogP) is 2.35. The molecule has 2 fully saturated rings. The molecule has 3 aliphatic heterocycles. The van der Waals surface area contributed by atoms with Crippen molar-refractivity contribution < 1.29 is 14.3 Å². The van der Waals surface area contributed by atoms with Crippen molar-refractivity contribution in [3.05, 3.63) is 54.1 Å². The number of rotatable bonds is 3. The Morgan fingerprint density at radius 1 is 0.968 bits per heavy atom. The number of hydrogen-bond donors (Lipinski definition) is 1. The van der Waals surface area contributed by atoms with Crippen LogP contribution in [-0.4, -0.2) is 79.5 Å². The van der Waals surface area contributed by atoms with Gasteiger partial charge in [0.05, 0.1) is 18.9 Å². The van der Waals surface area contributed by atoms with Gasteiger partial charge in [-0.25, -0.2) is 0 Å². The number of para-hydroxylation sites is 1. The molecule has 0 saturated carbocycles. The summed E-state index contributed by atoms with van der Waals surface area (Å²) in [4.78, 5) is 33.1. The topological polar surface area (TPSA) is 65.1 Å². The summed E-state index contributed by atoms with van der Waals surface area (Å²) in [7, 11) is 0. The van der Waals surface area contributed by atoms with Gasteiger partial charge in [0, 0.05) is 55.4 Å². The second-order valence-corrected chi connectivity index (χ2v) is 9.06. The first kappa shape index (κ1) is 20.4. The summed E-state index contributed by atoms with van der Waals surface area (Å²) in [6.45, 7) is 5.82. The molecule has 0 aliphatic carbocycles. The SMILES string of the molecule is O=C1Nc2cc(C(=O)N3CCN(c4ccccc4)CC3)ccc2S[C@@H]1N1CCOCC1. The first-order chi connectivity index (χ1) is 15.2. The van der Waals surface area contributed by atoms with Crippen molar-refractivity contribution in [2.24, 2.45) is 0 Å². The minimum absolute atomic E-state index is 0.0186. The molecule has 0 aromatic heterocycles. The molecule has 1 N–H and O–H groups in total. The van der Waals surface area contributed by atoms with Crippen LogP contribution in [0.2, 0.25) is 0 Å². The maximum absolute atomic E-state index is 13.1. The van der Waals surface area contributed by atoms with Crippen molar-refractivity contribution in [3.8, 4) is 0 Å². The molecule has 0 radical (unpaired) electrons. The Morgan fingerprint density at radius 3 is 2.45 bits per heavy atom. The van der Waals surface area contributed by atoms with Gasteiger partial charge in [-0.15, -0.1) is 0 Å². The van der Waals surface area contributed by atoms with Crippen molar-refractivity contribution >= 4 is 35.0 Å². The van der Waals surface area contributed by atoms with Gasteiger partial charge in [-0.1, -0.05) is 30.0 Å². The van der Waals surface area contributed by atoms with E-state index in [1.54, 1.807) is 11.8 Å². The number of fused-ring (bicyclic) bond motifs is 1. The van der Waals surface area contributed by atoms with E-state index in [2.05, 4.69) is 27.2 Å². The zero-order chi connectivity index (χ0) is 21.2. The van der Waals surface area contributed by atoms with Crippen LogP contribution >= 0.6 is 11.8 Å². The molecule has 3 aliphatic rings. The Bertz CT molecular complexity index is 957. The Kier molecular flexibility index (Phi) is 5.85. The number of hydrogen-bond acceptors (Lipinski definition) is 6. The summed E-state index contributed by atoms with van der Waals surface area (Å²) in [6, 6.07) is 16.0. The number of piperazine rings is 1. The van der Waals surface area contributed by atoms with E-state index >= 15 is 0 Å². The zero-order valence-corrected chi connectivity index (χ0v) is 18.1. The minimum atomic E-state index is -0.246. The molecule has 3 heterocycles. The van der Waals surface area contributed by atoms with Crippen molar-refractivity contribution in [1.29, 1.82) is 0 Å². The van der Waals surface area contributed by atoms with Crippen LogP contribution in [0.4, 0.5) is 11.4 Å². The molecule has 0 unspecified atom stereocenters. The quantitative estimate of drug-likeness (QED) is 0.794. The Morgan fingerprint density at radius 2 is 1.71 bits per heavy atom. The van der Waals surface area contributed by atoms with Gasteiger partial charge < -0.3 is 19.9 Å². The Balaban J connectivity index is 1.24. The monoisotopic (exact) mass is 438 g/mol. The normalized spacial score (nSPS) is 22.1. The van der Waals surface area contributed by atoms with E-state index in [4.69, 9.17) is 4.74 Å². The molecule has 0 spiro atoms. The van der Waals surface area contributed by atoms with Crippen LogP contribution in [0.3, 0.4) is 0 Å². The number of amides is 2. The molecule has 2 aromatic rings. The molecule has 2 saturated heterocycles. The summed E-state index contributed by atoms with van der Waals surface area (Å²) < 4.78 is 5.40. The number of nitrogens with zero attached hydrogens (tertiary/aromatic N) is 3. The molecule has 1 atom stereocenters. The minimum Gasteiger partial charge on any atom is -0.379 e. The lowest BCUT2D eigenvalue weighted by Crippen LogP contribution is -2.49. The maximum atomic E-state index is 13.1. The van der Waals surface area contributed by atoms with E-state index in [-0.39, 0.29) is 17.2 Å². The molecule has 8 heteroatoms. The lowest BCUT2D eigenvalue weighted by molar-refractivity contribution is -0.119. The van der Waals surface area contributed by atoms with Crippen molar-refractivity contribution in [2.45, 2.75) is 10.3 Å². The number of ether oxygens (including phenoxy) is 1. The zero-order valence-electron chi connectivity index (χ0n) is 17.3. The Hall–Kier alpha value is -2.55. The molecule has 2 aromatic carbocycles. The molecular weight excluding hydrogens is 412 g/mol. The molecule has 31 heavy (non-hydrogen) atoms. The van der Waals surface area contributed by atoms with Crippen LogP contribution in [0.1, 0.15) is 10.4 Å². The van der Waals surface area contributed by atoms with Crippen molar-refractivity contribution in [2.75, 3.05) is 62.7 Å². The van der Waals surface area contributed by atoms with E-state index in [0.29, 0.717) is 31.9 Å². The average molecular weight is 439 g/mol. The third-order valence-electron chi connectivity index (χ3n) is 6.01. The van der Waals surface area contributed by atoms with Crippen LogP contribution in [0.5, 0.6) is 0 Å². The van der Waals surface area contributed by atoms with Gasteiger partial charge in [-0.2, -0.15) is 0 Å². The van der Waals surface area contributed by atoms with Crippen molar-refractivity contribution in [3.63, 3.8) is 0 Å². The van der Waals surface area contributed by atoms with Crippen LogP contribution in [0.15, 0.2) is 53.4 Å². The number of carbonyl (C=O) groups is 2. The fourth-order valence-corrected chi connectivity index (χ4v) is 5.42. The highest BCUT2D eigenvalue weighted by molar-refractivity contribution is 8.00. The van der Waals surface area contributed by atoms with E-state index in [9.17, 15) is 9.59 Å². The van der Waals surface area contributed by atoms with Crippen LogP contribution in [0, 0.1) is 0 Å². The summed E-state index contributed by atoms with van der Waals surface area (Å²) in [5.41, 5.74) is 2.55. The number of benzene rings is 2. The highest BCUT2D eigenvalue weighted by Crippen LogP contribution is 2.38. The van der Waals surface area contributed by atoms with Crippen LogP contribution in [-0.2, 0) is 9.53 Å². The van der Waals surface area contributed by atoms with Crippen LogP contribution in [0.25, 0.3) is 0 Å². The summed E-state index contributed by atoms with van der Waals surface area (Å²) in [6.07, 6.45) is 0. The van der Waals surface area contributed by atoms with Gasteiger partial charge >= 0.3 is 0 Å². The molecular formula is C23H26N4O3S. The highest BCUT2D eigenvalue weighted by Gasteiger charge is 2.33. The number of anilines is 2. The van der Waals surface area contributed by atoms with E-state index < -0.39 is 0 Å². The van der Waals surface area contributed by atoms with Gasteiger partial charge in [-0.05, 0) is 30.3 Å². The second-order valence-electron chi connectivity index (χ2n) is 7.93. The third kappa shape index (κ3) is 4.28. The summed E-state index contributed by atoms with van der Waals surface area (Å²) >= 11 is 1.55. The summed E-state index contributed by atoms with van der Waals surface area (Å²) in [5, 5.41) is 2.77. The Labute approximate surface area is 186 Å². The average Bonchev–Trinajstić information content (AvgIpc) is 2.84. The number of morpholine rings is 1. The van der Waals surface area contributed by atoms with Gasteiger partial charge in [0.25, 0.3) is 11.8 Å². The highest BCUT2D eigenvalue weighted by atomic mass is 32.2. The standard InChI is InChI=1S/C23H26N4O3S/c28-21-23(27-12-14-30-15-13-27)31-20-7-6-17(16-19(20)24-21)22(29)26-10-8-25(9-11-26)18-4-2-1-3-5-18/h1-7,16,23H,8-15H2,(H,24,28)/t23-/m0/s1. The largest absolute Gasteiger partial charge is 0.379 e. The van der Waals surface area contributed by atoms with E-state index in [1.807, 2.05) is 41.3 Å². The smallest absolute Gasteiger partial charge is 0.254 e. The fourth-order valence-electron chi connectivity index (χ4n) is 4.27. The van der Waals surface area contributed by atoms with Crippen LogP contribution < -0.4 is 10.2 Å². The van der Waals surface area contributed by atoms with Gasteiger partial charge in [0.15, 0.2) is 0 Å². The van der Waals surface area contributed by atoms with E-state index in [0.717, 1.165) is 36.8 Å². The van der Waals surface area contributed by atoms with E-state index in [1.165, 1.54) is 5.69 Å². The molecule has 7 nitrogen and oxygen atoms in total. The van der Waals surface area contributed by atoms with Gasteiger partial charge in [0.1, 0.15) is 5.37 Å². The maximum Gasteiger partial charge on any atom is 0.254 e. The summed E-state index contributed by atoms with van der Waals surface area (Å²) in [5.74, 6) is -0.00876. The number of thioether (sulfide) groups is 1. The second kappa shape index (κ2) is 8.90. The molecule has 0 bridgehead atoms. The fraction of sp³-hybridized carbons (Fsp3) is 0.391. The third-order valence-corrected chi connectivity index (χ3v) is 7.36. The van der Waals surface area contributed by atoms with Crippen molar-refractivity contribution in [1.82, 2.24) is 9.80 Å². The lowest BCUT2D eigenvalue weighted by Gasteiger charge is -2.37. The molecule has 162 valence electrons. The lowest BCUT2D eigenvalue weighted by atomic mass is 10.1. The van der Waals surface area contributed by atoms with Gasteiger partial charge in [0.2, 0.25) is 0 Å². The first-order valence-electron chi connectivity index (χ1n) is 10.7. The van der Waals surface area contributed by atoms with Gasteiger partial charge in [-0.3, -0.25) is 14.5 Å². The molecule has 2 amide bonds. The first-order valence-corrected chi connectivity index (χ1v) is 11.6. The number of carbonyl (C=O) groups excluding carboxylic acids is 2. The number of nitrogens with one attached hydrogen (secondary N) is 1. The predicted molar refractivity (Wildman–Crippen MR) is 122 cm³/mol.